The maximum absolute atomic E-state index is 12.7. The van der Waals surface area contributed by atoms with Gasteiger partial charge in [0.2, 0.25) is 5.91 Å². The molecule has 0 aromatic heterocycles. The van der Waals surface area contributed by atoms with Crippen LogP contribution in [0, 0.1) is 18.8 Å². The topological polar surface area (TPSA) is 77.8 Å². The number of carbonyl (C=O) groups excluding carboxylic acids is 1. The second kappa shape index (κ2) is 6.16. The third kappa shape index (κ3) is 3.17. The minimum absolute atomic E-state index is 0.0463. The monoisotopic (exact) mass is 291 g/mol. The van der Waals surface area contributed by atoms with Crippen molar-refractivity contribution in [2.24, 2.45) is 11.8 Å². The van der Waals surface area contributed by atoms with E-state index in [-0.39, 0.29) is 17.6 Å². The Labute approximate surface area is 124 Å². The second-order valence-corrected chi connectivity index (χ2v) is 5.60. The number of carbonyl (C=O) groups is 2. The molecule has 5 nitrogen and oxygen atoms in total. The molecule has 1 aromatic rings. The molecule has 1 aliphatic rings. The van der Waals surface area contributed by atoms with Crippen molar-refractivity contribution in [2.75, 3.05) is 11.4 Å². The van der Waals surface area contributed by atoms with Gasteiger partial charge in [0.1, 0.15) is 5.75 Å². The van der Waals surface area contributed by atoms with E-state index < -0.39 is 11.9 Å². The Morgan fingerprint density at radius 1 is 1.29 bits per heavy atom. The van der Waals surface area contributed by atoms with E-state index in [1.54, 1.807) is 23.1 Å². The van der Waals surface area contributed by atoms with E-state index >= 15 is 0 Å². The number of aryl methyl sites for hydroxylation is 1. The fourth-order valence-electron chi connectivity index (χ4n) is 2.98. The predicted octanol–water partition coefficient (Wildman–Crippen LogP) is 2.55. The number of phenolic OH excluding ortho intramolecular Hbond substituents is 1. The van der Waals surface area contributed by atoms with Crippen LogP contribution in [0.1, 0.15) is 31.7 Å². The van der Waals surface area contributed by atoms with E-state index in [2.05, 4.69) is 0 Å². The molecule has 0 bridgehead atoms. The number of rotatable bonds is 4. The quantitative estimate of drug-likeness (QED) is 0.893. The summed E-state index contributed by atoms with van der Waals surface area (Å²) in [6.45, 7) is 4.27. The average Bonchev–Trinajstić information content (AvgIpc) is 2.93. The zero-order valence-electron chi connectivity index (χ0n) is 12.4. The minimum atomic E-state index is -0.818. The molecule has 114 valence electrons. The second-order valence-electron chi connectivity index (χ2n) is 5.60. The number of nitrogens with zero attached hydrogens (tertiary/aromatic N) is 1. The molecule has 1 saturated carbocycles. The average molecular weight is 291 g/mol. The third-order valence-corrected chi connectivity index (χ3v) is 4.20. The summed E-state index contributed by atoms with van der Waals surface area (Å²) in [5, 5.41) is 18.7. The molecule has 0 heterocycles. The highest BCUT2D eigenvalue weighted by molar-refractivity contribution is 5.96. The molecule has 2 atom stereocenters. The molecule has 0 unspecified atom stereocenters. The molecule has 0 aliphatic heterocycles. The first-order chi connectivity index (χ1) is 9.93. The number of anilines is 1. The summed E-state index contributed by atoms with van der Waals surface area (Å²) in [5.41, 5.74) is 1.61. The summed E-state index contributed by atoms with van der Waals surface area (Å²) in [6, 6.07) is 4.95. The van der Waals surface area contributed by atoms with Crippen LogP contribution in [0.5, 0.6) is 5.75 Å². The lowest BCUT2D eigenvalue weighted by Gasteiger charge is -2.26. The molecule has 21 heavy (non-hydrogen) atoms. The molecular weight excluding hydrogens is 270 g/mol. The van der Waals surface area contributed by atoms with Crippen molar-refractivity contribution in [1.82, 2.24) is 0 Å². The van der Waals surface area contributed by atoms with Crippen LogP contribution in [0.25, 0.3) is 0 Å². The number of aliphatic carboxylic acids is 1. The Morgan fingerprint density at radius 2 is 1.95 bits per heavy atom. The summed E-state index contributed by atoms with van der Waals surface area (Å²) >= 11 is 0. The lowest BCUT2D eigenvalue weighted by atomic mass is 10.0. The molecule has 1 amide bonds. The van der Waals surface area contributed by atoms with Gasteiger partial charge in [-0.1, -0.05) is 6.07 Å². The van der Waals surface area contributed by atoms with Gasteiger partial charge in [-0.05, 0) is 44.7 Å². The van der Waals surface area contributed by atoms with Crippen molar-refractivity contribution in [3.05, 3.63) is 23.8 Å². The van der Waals surface area contributed by atoms with Gasteiger partial charge in [-0.25, -0.2) is 0 Å². The van der Waals surface area contributed by atoms with E-state index in [9.17, 15) is 14.7 Å². The summed E-state index contributed by atoms with van der Waals surface area (Å²) in [5.74, 6) is -1.40. The maximum Gasteiger partial charge on any atom is 0.306 e. The van der Waals surface area contributed by atoms with Crippen molar-refractivity contribution in [1.29, 1.82) is 0 Å². The molecule has 2 N–H and O–H groups in total. The molecular formula is C16H21NO4. The van der Waals surface area contributed by atoms with Crippen LogP contribution in [0.4, 0.5) is 5.69 Å². The van der Waals surface area contributed by atoms with E-state index in [4.69, 9.17) is 5.11 Å². The highest BCUT2D eigenvalue weighted by Gasteiger charge is 2.36. The van der Waals surface area contributed by atoms with Gasteiger partial charge in [-0.3, -0.25) is 9.59 Å². The van der Waals surface area contributed by atoms with Crippen molar-refractivity contribution >= 4 is 17.6 Å². The van der Waals surface area contributed by atoms with E-state index in [0.717, 1.165) is 5.56 Å². The van der Waals surface area contributed by atoms with Crippen LogP contribution < -0.4 is 4.90 Å². The molecule has 5 heteroatoms. The van der Waals surface area contributed by atoms with Crippen LogP contribution >= 0.6 is 0 Å². The van der Waals surface area contributed by atoms with Crippen LogP contribution in [0.15, 0.2) is 18.2 Å². The van der Waals surface area contributed by atoms with Gasteiger partial charge in [-0.2, -0.15) is 0 Å². The molecule has 0 saturated heterocycles. The Bertz CT molecular complexity index is 555. The summed E-state index contributed by atoms with van der Waals surface area (Å²) < 4.78 is 0. The van der Waals surface area contributed by atoms with E-state index in [1.165, 1.54) is 0 Å². The zero-order chi connectivity index (χ0) is 15.6. The number of amides is 1. The first-order valence-electron chi connectivity index (χ1n) is 7.27. The molecule has 2 rings (SSSR count). The Morgan fingerprint density at radius 3 is 2.52 bits per heavy atom. The number of hydrogen-bond acceptors (Lipinski definition) is 3. The predicted molar refractivity (Wildman–Crippen MR) is 79.3 cm³/mol. The van der Waals surface area contributed by atoms with Crippen LogP contribution in [-0.4, -0.2) is 28.6 Å². The Hall–Kier alpha value is -2.04. The molecule has 1 fully saturated rings. The number of hydrogen-bond donors (Lipinski definition) is 2. The summed E-state index contributed by atoms with van der Waals surface area (Å²) in [7, 11) is 0. The third-order valence-electron chi connectivity index (χ3n) is 4.20. The van der Waals surface area contributed by atoms with Crippen molar-refractivity contribution in [3.8, 4) is 5.75 Å². The van der Waals surface area contributed by atoms with Gasteiger partial charge >= 0.3 is 5.97 Å². The lowest BCUT2D eigenvalue weighted by Crippen LogP contribution is -2.36. The number of phenols is 1. The van der Waals surface area contributed by atoms with Gasteiger partial charge in [-0.15, -0.1) is 0 Å². The maximum atomic E-state index is 12.7. The normalized spacial score (nSPS) is 21.2. The smallest absolute Gasteiger partial charge is 0.306 e. The zero-order valence-corrected chi connectivity index (χ0v) is 12.4. The highest BCUT2D eigenvalue weighted by Crippen LogP contribution is 2.34. The summed E-state index contributed by atoms with van der Waals surface area (Å²) in [4.78, 5) is 25.3. The van der Waals surface area contributed by atoms with Crippen molar-refractivity contribution < 1.29 is 19.8 Å². The van der Waals surface area contributed by atoms with Gasteiger partial charge in [0, 0.05) is 18.5 Å². The van der Waals surface area contributed by atoms with Crippen molar-refractivity contribution in [2.45, 2.75) is 33.1 Å². The standard InChI is InChI=1S/C16H21NO4/c1-3-17(14-9-13(18)7-4-10(14)2)15(19)11-5-6-12(8-11)16(20)21/h4,7,9,11-12,18H,3,5-6,8H2,1-2H3,(H,20,21)/t11-,12+/m1/s1. The van der Waals surface area contributed by atoms with Crippen LogP contribution in [0.3, 0.4) is 0 Å². The number of carboxylic acid groups (broad SMARTS) is 1. The van der Waals surface area contributed by atoms with Crippen LogP contribution in [0.2, 0.25) is 0 Å². The number of carboxylic acids is 1. The number of benzene rings is 1. The fourth-order valence-corrected chi connectivity index (χ4v) is 2.98. The van der Waals surface area contributed by atoms with Gasteiger partial charge < -0.3 is 15.1 Å². The first-order valence-corrected chi connectivity index (χ1v) is 7.27. The molecule has 0 radical (unpaired) electrons. The highest BCUT2D eigenvalue weighted by atomic mass is 16.4. The van der Waals surface area contributed by atoms with Crippen LogP contribution in [-0.2, 0) is 9.59 Å². The summed E-state index contributed by atoms with van der Waals surface area (Å²) in [6.07, 6.45) is 1.58. The van der Waals surface area contributed by atoms with Crippen molar-refractivity contribution in [3.63, 3.8) is 0 Å². The first kappa shape index (κ1) is 15.4. The Kier molecular flexibility index (Phi) is 4.50. The largest absolute Gasteiger partial charge is 0.508 e. The molecule has 1 aromatic carbocycles. The van der Waals surface area contributed by atoms with Gasteiger partial charge in [0.25, 0.3) is 0 Å². The fraction of sp³-hybridized carbons (Fsp3) is 0.500. The minimum Gasteiger partial charge on any atom is -0.508 e. The van der Waals surface area contributed by atoms with Gasteiger partial charge in [0.05, 0.1) is 11.6 Å². The number of aromatic hydroxyl groups is 1. The Balaban J connectivity index is 2.20. The SMILES string of the molecule is CCN(C(=O)[C@@H]1CC[C@H](C(=O)O)C1)c1cc(O)ccc1C. The molecule has 0 spiro atoms. The van der Waals surface area contributed by atoms with Gasteiger partial charge in [0.15, 0.2) is 0 Å². The lowest BCUT2D eigenvalue weighted by molar-refractivity contribution is -0.141. The van der Waals surface area contributed by atoms with E-state index in [0.29, 0.717) is 31.5 Å². The molecule has 1 aliphatic carbocycles. The van der Waals surface area contributed by atoms with E-state index in [1.807, 2.05) is 13.8 Å².